The number of carbonyl (C=O) groups excluding carboxylic acids is 1. The van der Waals surface area contributed by atoms with E-state index in [1.165, 1.54) is 0 Å². The quantitative estimate of drug-likeness (QED) is 0.424. The van der Waals surface area contributed by atoms with Gasteiger partial charge in [-0.1, -0.05) is 54.6 Å². The van der Waals surface area contributed by atoms with Gasteiger partial charge in [-0.25, -0.2) is 4.98 Å². The van der Waals surface area contributed by atoms with E-state index in [2.05, 4.69) is 5.32 Å². The topological polar surface area (TPSA) is 73.2 Å². The van der Waals surface area contributed by atoms with E-state index in [0.29, 0.717) is 23.1 Å². The van der Waals surface area contributed by atoms with Crippen molar-refractivity contribution in [1.29, 1.82) is 0 Å². The van der Waals surface area contributed by atoms with Gasteiger partial charge in [-0.05, 0) is 48.2 Å². The molecular weight excluding hydrogens is 426 g/mol. The number of hydrogen-bond acceptors (Lipinski definition) is 4. The summed E-state index contributed by atoms with van der Waals surface area (Å²) in [6.45, 7) is 0. The molecule has 4 aromatic rings. The van der Waals surface area contributed by atoms with Crippen LogP contribution >= 0.6 is 0 Å². The van der Waals surface area contributed by atoms with Crippen LogP contribution in [0.25, 0.3) is 10.9 Å². The summed E-state index contributed by atoms with van der Waals surface area (Å²) in [6, 6.07) is 24.9. The van der Waals surface area contributed by atoms with Crippen molar-refractivity contribution in [2.45, 2.75) is 37.8 Å². The fourth-order valence-electron chi connectivity index (χ4n) is 4.34. The average molecular weight is 454 g/mol. The monoisotopic (exact) mass is 453 g/mol. The van der Waals surface area contributed by atoms with Gasteiger partial charge >= 0.3 is 0 Å². The molecule has 172 valence electrons. The van der Waals surface area contributed by atoms with Crippen LogP contribution in [0.1, 0.15) is 48.3 Å². The number of hydrogen-bond donors (Lipinski definition) is 1. The molecule has 1 aliphatic carbocycles. The van der Waals surface area contributed by atoms with Crippen LogP contribution in [0.15, 0.2) is 83.7 Å². The van der Waals surface area contributed by atoms with E-state index >= 15 is 0 Å². The Morgan fingerprint density at radius 3 is 2.38 bits per heavy atom. The van der Waals surface area contributed by atoms with Gasteiger partial charge in [0.1, 0.15) is 11.6 Å². The molecule has 6 heteroatoms. The Morgan fingerprint density at radius 2 is 1.68 bits per heavy atom. The third-order valence-electron chi connectivity index (χ3n) is 6.26. The molecule has 0 aliphatic heterocycles. The van der Waals surface area contributed by atoms with Crippen LogP contribution in [0, 0.1) is 0 Å². The minimum atomic E-state index is -0.283. The summed E-state index contributed by atoms with van der Waals surface area (Å²) >= 11 is 0. The van der Waals surface area contributed by atoms with E-state index in [0.717, 1.165) is 29.7 Å². The average Bonchev–Trinajstić information content (AvgIpc) is 3.72. The van der Waals surface area contributed by atoms with Gasteiger partial charge in [0, 0.05) is 18.9 Å². The maximum Gasteiger partial charge on any atom is 0.261 e. The number of benzene rings is 3. The number of aryl methyl sites for hydroxylation is 1. The lowest BCUT2D eigenvalue weighted by Gasteiger charge is -2.20. The highest BCUT2D eigenvalue weighted by Crippen LogP contribution is 2.35. The highest BCUT2D eigenvalue weighted by Gasteiger charge is 2.28. The van der Waals surface area contributed by atoms with Crippen molar-refractivity contribution in [1.82, 2.24) is 14.9 Å². The Labute approximate surface area is 198 Å². The Morgan fingerprint density at radius 1 is 1.00 bits per heavy atom. The number of amides is 1. The summed E-state index contributed by atoms with van der Waals surface area (Å²) in [6.07, 6.45) is 2.61. The smallest absolute Gasteiger partial charge is 0.261 e. The summed E-state index contributed by atoms with van der Waals surface area (Å²) in [5, 5.41) is 3.81. The van der Waals surface area contributed by atoms with Crippen LogP contribution < -0.4 is 15.6 Å². The Hall–Kier alpha value is -3.93. The summed E-state index contributed by atoms with van der Waals surface area (Å²) in [7, 11) is 1.63. The van der Waals surface area contributed by atoms with Gasteiger partial charge in [0.2, 0.25) is 5.91 Å². The van der Waals surface area contributed by atoms with Gasteiger partial charge in [0.15, 0.2) is 0 Å². The van der Waals surface area contributed by atoms with E-state index < -0.39 is 0 Å². The van der Waals surface area contributed by atoms with Crippen molar-refractivity contribution in [3.63, 3.8) is 0 Å². The van der Waals surface area contributed by atoms with E-state index in [1.807, 2.05) is 78.9 Å². The molecule has 1 aromatic heterocycles. The lowest BCUT2D eigenvalue weighted by molar-refractivity contribution is -0.121. The summed E-state index contributed by atoms with van der Waals surface area (Å²) in [4.78, 5) is 30.9. The fourth-order valence-corrected chi connectivity index (χ4v) is 4.34. The predicted octanol–water partition coefficient (Wildman–Crippen LogP) is 4.58. The number of nitrogens with zero attached hydrogens (tertiary/aromatic N) is 2. The van der Waals surface area contributed by atoms with Crippen LogP contribution in [-0.2, 0) is 11.2 Å². The molecule has 0 spiro atoms. The zero-order valence-corrected chi connectivity index (χ0v) is 19.1. The van der Waals surface area contributed by atoms with Crippen LogP contribution in [0.2, 0.25) is 0 Å². The number of methoxy groups -OCH3 is 1. The first kappa shape index (κ1) is 21.9. The molecule has 0 bridgehead atoms. The second kappa shape index (κ2) is 9.51. The number of carbonyl (C=O) groups is 1. The molecule has 1 heterocycles. The van der Waals surface area contributed by atoms with E-state index in [-0.39, 0.29) is 30.0 Å². The molecule has 1 amide bonds. The van der Waals surface area contributed by atoms with Gasteiger partial charge in [0.05, 0.1) is 24.1 Å². The lowest BCUT2D eigenvalue weighted by atomic mass is 9.98. The van der Waals surface area contributed by atoms with Crippen molar-refractivity contribution < 1.29 is 9.53 Å². The molecule has 6 nitrogen and oxygen atoms in total. The molecule has 1 fully saturated rings. The maximum absolute atomic E-state index is 13.1. The fraction of sp³-hybridized carbons (Fsp3) is 0.250. The van der Waals surface area contributed by atoms with E-state index in [4.69, 9.17) is 9.72 Å². The van der Waals surface area contributed by atoms with Gasteiger partial charge in [-0.2, -0.15) is 0 Å². The second-order valence-electron chi connectivity index (χ2n) is 8.64. The third-order valence-corrected chi connectivity index (χ3v) is 6.26. The molecule has 3 aromatic carbocycles. The van der Waals surface area contributed by atoms with Crippen molar-refractivity contribution >= 4 is 16.8 Å². The Kier molecular flexibility index (Phi) is 6.12. The molecule has 5 rings (SSSR count). The molecule has 34 heavy (non-hydrogen) atoms. The zero-order valence-electron chi connectivity index (χ0n) is 19.1. The predicted molar refractivity (Wildman–Crippen MR) is 132 cm³/mol. The molecular formula is C28H27N3O3. The van der Waals surface area contributed by atoms with Gasteiger partial charge in [-0.15, -0.1) is 0 Å². The second-order valence-corrected chi connectivity index (χ2v) is 8.64. The third kappa shape index (κ3) is 4.57. The van der Waals surface area contributed by atoms with Crippen molar-refractivity contribution in [2.75, 3.05) is 7.11 Å². The first-order valence-corrected chi connectivity index (χ1v) is 11.6. The molecule has 0 radical (unpaired) electrons. The number of para-hydroxylation sites is 1. The standard InChI is InChI=1S/C28H27N3O3/c1-34-22-15-11-20(12-16-22)27(19-7-3-2-4-8-19)30-26(32)18-17-25-29-24-10-6-5-9-23(24)28(33)31(25)21-13-14-21/h2-12,15-16,21,27H,13-14,17-18H2,1H3,(H,30,32). The van der Waals surface area contributed by atoms with E-state index in [1.54, 1.807) is 11.7 Å². The Balaban J connectivity index is 1.38. The van der Waals surface area contributed by atoms with Crippen LogP contribution in [0.5, 0.6) is 5.75 Å². The van der Waals surface area contributed by atoms with Crippen molar-refractivity contribution in [3.05, 3.63) is 106 Å². The van der Waals surface area contributed by atoms with E-state index in [9.17, 15) is 9.59 Å². The lowest BCUT2D eigenvalue weighted by Crippen LogP contribution is -2.30. The van der Waals surface area contributed by atoms with Crippen LogP contribution in [0.4, 0.5) is 0 Å². The minimum Gasteiger partial charge on any atom is -0.497 e. The van der Waals surface area contributed by atoms with Crippen LogP contribution in [-0.4, -0.2) is 22.6 Å². The van der Waals surface area contributed by atoms with Gasteiger partial charge in [-0.3, -0.25) is 14.2 Å². The summed E-state index contributed by atoms with van der Waals surface area (Å²) in [5.74, 6) is 1.36. The number of ether oxygens (including phenoxy) is 1. The molecule has 1 N–H and O–H groups in total. The molecule has 1 saturated carbocycles. The van der Waals surface area contributed by atoms with Gasteiger partial charge in [0.25, 0.3) is 5.56 Å². The highest BCUT2D eigenvalue weighted by molar-refractivity contribution is 5.78. The molecule has 0 saturated heterocycles. The summed E-state index contributed by atoms with van der Waals surface area (Å²) < 4.78 is 7.08. The van der Waals surface area contributed by atoms with Gasteiger partial charge < -0.3 is 10.1 Å². The van der Waals surface area contributed by atoms with Crippen molar-refractivity contribution in [2.24, 2.45) is 0 Å². The molecule has 1 unspecified atom stereocenters. The first-order valence-electron chi connectivity index (χ1n) is 11.6. The number of fused-ring (bicyclic) bond motifs is 1. The summed E-state index contributed by atoms with van der Waals surface area (Å²) in [5.41, 5.74) is 2.64. The largest absolute Gasteiger partial charge is 0.497 e. The number of rotatable bonds is 8. The molecule has 1 aliphatic rings. The van der Waals surface area contributed by atoms with Crippen LogP contribution in [0.3, 0.4) is 0 Å². The zero-order chi connectivity index (χ0) is 23.5. The normalized spacial score (nSPS) is 14.0. The molecule has 1 atom stereocenters. The SMILES string of the molecule is COc1ccc(C(NC(=O)CCc2nc3ccccc3c(=O)n2C2CC2)c2ccccc2)cc1. The first-order chi connectivity index (χ1) is 16.6. The Bertz CT molecular complexity index is 1360. The maximum atomic E-state index is 13.1. The minimum absolute atomic E-state index is 0.0103. The highest BCUT2D eigenvalue weighted by atomic mass is 16.5. The number of aromatic nitrogens is 2. The number of nitrogens with one attached hydrogen (secondary N) is 1. The van der Waals surface area contributed by atoms with Crippen molar-refractivity contribution in [3.8, 4) is 5.75 Å².